The molecule has 2 aromatic rings. The Hall–Kier alpha value is -0.830. The Labute approximate surface area is 72.4 Å². The number of benzene rings is 1. The molecule has 0 amide bonds. The van der Waals surface area contributed by atoms with E-state index in [9.17, 15) is 0 Å². The molecule has 56 valence electrons. The van der Waals surface area contributed by atoms with Crippen molar-refractivity contribution < 1.29 is 4.42 Å². The molecular formula is C8H6BrNO. The molecule has 0 N–H and O–H groups in total. The van der Waals surface area contributed by atoms with E-state index >= 15 is 0 Å². The second-order valence-corrected chi connectivity index (χ2v) is 3.28. The second kappa shape index (κ2) is 2.34. The van der Waals surface area contributed by atoms with E-state index in [1.54, 1.807) is 0 Å². The zero-order valence-corrected chi connectivity index (χ0v) is 7.55. The van der Waals surface area contributed by atoms with E-state index in [2.05, 4.69) is 20.9 Å². The van der Waals surface area contributed by atoms with Gasteiger partial charge in [-0.2, -0.15) is 0 Å². The number of aryl methyl sites for hydroxylation is 1. The Kier molecular flexibility index (Phi) is 1.46. The molecule has 3 heteroatoms. The van der Waals surface area contributed by atoms with Gasteiger partial charge in [-0.1, -0.05) is 15.9 Å². The maximum atomic E-state index is 5.11. The predicted octanol–water partition coefficient (Wildman–Crippen LogP) is 2.90. The number of halogens is 1. The molecule has 0 unspecified atom stereocenters. The average Bonchev–Trinajstić information content (AvgIpc) is 2.36. The highest BCUT2D eigenvalue weighted by atomic mass is 79.9. The summed E-state index contributed by atoms with van der Waals surface area (Å²) in [6.45, 7) is 2.03. The Morgan fingerprint density at radius 2 is 2.27 bits per heavy atom. The largest absolute Gasteiger partial charge is 0.443 e. The van der Waals surface area contributed by atoms with Crippen LogP contribution in [0, 0.1) is 6.92 Å². The minimum Gasteiger partial charge on any atom is -0.443 e. The highest BCUT2D eigenvalue weighted by Crippen LogP contribution is 2.22. The van der Waals surface area contributed by atoms with Crippen molar-refractivity contribution in [3.63, 3.8) is 0 Å². The van der Waals surface area contributed by atoms with Gasteiger partial charge >= 0.3 is 0 Å². The van der Waals surface area contributed by atoms with E-state index in [1.165, 1.54) is 12.0 Å². The summed E-state index contributed by atoms with van der Waals surface area (Å²) in [6.07, 6.45) is 1.45. The average molecular weight is 212 g/mol. The van der Waals surface area contributed by atoms with Gasteiger partial charge in [0, 0.05) is 4.47 Å². The van der Waals surface area contributed by atoms with Crippen molar-refractivity contribution in [3.05, 3.63) is 28.6 Å². The van der Waals surface area contributed by atoms with Gasteiger partial charge in [0.2, 0.25) is 0 Å². The summed E-state index contributed by atoms with van der Waals surface area (Å²) in [5.74, 6) is 0. The first kappa shape index (κ1) is 6.85. The molecule has 0 aliphatic heterocycles. The lowest BCUT2D eigenvalue weighted by atomic mass is 10.2. The predicted molar refractivity (Wildman–Crippen MR) is 46.4 cm³/mol. The summed E-state index contributed by atoms with van der Waals surface area (Å²) in [4.78, 5) is 4.03. The molecule has 0 aliphatic carbocycles. The number of fused-ring (bicyclic) bond motifs is 1. The van der Waals surface area contributed by atoms with Gasteiger partial charge in [0.25, 0.3) is 0 Å². The minimum atomic E-state index is 0.822. The van der Waals surface area contributed by atoms with Crippen molar-refractivity contribution in [1.29, 1.82) is 0 Å². The molecule has 11 heavy (non-hydrogen) atoms. The number of hydrogen-bond acceptors (Lipinski definition) is 2. The van der Waals surface area contributed by atoms with Crippen LogP contribution in [0.1, 0.15) is 5.56 Å². The fourth-order valence-electron chi connectivity index (χ4n) is 0.983. The Morgan fingerprint density at radius 3 is 3.09 bits per heavy atom. The zero-order valence-electron chi connectivity index (χ0n) is 5.97. The summed E-state index contributed by atoms with van der Waals surface area (Å²) in [5, 5.41) is 0. The zero-order chi connectivity index (χ0) is 7.84. The highest BCUT2D eigenvalue weighted by molar-refractivity contribution is 9.10. The van der Waals surface area contributed by atoms with Gasteiger partial charge in [-0.15, -0.1) is 0 Å². The van der Waals surface area contributed by atoms with Crippen LogP contribution in [-0.4, -0.2) is 4.98 Å². The van der Waals surface area contributed by atoms with Crippen LogP contribution in [0.15, 0.2) is 27.4 Å². The third-order valence-electron chi connectivity index (χ3n) is 1.61. The maximum absolute atomic E-state index is 5.11. The van der Waals surface area contributed by atoms with Crippen LogP contribution in [0.5, 0.6) is 0 Å². The van der Waals surface area contributed by atoms with Crippen LogP contribution < -0.4 is 0 Å². The van der Waals surface area contributed by atoms with Crippen molar-refractivity contribution in [2.24, 2.45) is 0 Å². The number of nitrogens with zero attached hydrogens (tertiary/aromatic N) is 1. The quantitative estimate of drug-likeness (QED) is 0.670. The van der Waals surface area contributed by atoms with Gasteiger partial charge < -0.3 is 4.42 Å². The van der Waals surface area contributed by atoms with Crippen LogP contribution in [0.2, 0.25) is 0 Å². The number of rotatable bonds is 0. The molecular weight excluding hydrogens is 206 g/mol. The highest BCUT2D eigenvalue weighted by Gasteiger charge is 2.01. The van der Waals surface area contributed by atoms with Crippen molar-refractivity contribution in [2.45, 2.75) is 6.92 Å². The van der Waals surface area contributed by atoms with Crippen LogP contribution >= 0.6 is 15.9 Å². The Balaban J connectivity index is 2.86. The molecule has 2 nitrogen and oxygen atoms in total. The molecule has 0 saturated heterocycles. The molecule has 0 atom stereocenters. The fourth-order valence-corrected chi connectivity index (χ4v) is 1.31. The van der Waals surface area contributed by atoms with E-state index in [-0.39, 0.29) is 0 Å². The van der Waals surface area contributed by atoms with E-state index in [1.807, 2.05) is 19.1 Å². The third kappa shape index (κ3) is 1.05. The lowest BCUT2D eigenvalue weighted by Gasteiger charge is -1.94. The summed E-state index contributed by atoms with van der Waals surface area (Å²) in [7, 11) is 0. The fraction of sp³-hybridized carbons (Fsp3) is 0.125. The molecule has 0 spiro atoms. The number of aromatic nitrogens is 1. The molecule has 1 aromatic carbocycles. The third-order valence-corrected chi connectivity index (χ3v) is 2.47. The lowest BCUT2D eigenvalue weighted by Crippen LogP contribution is -1.74. The maximum Gasteiger partial charge on any atom is 0.181 e. The van der Waals surface area contributed by atoms with Crippen LogP contribution in [0.25, 0.3) is 11.1 Å². The van der Waals surface area contributed by atoms with E-state index in [0.29, 0.717) is 0 Å². The Morgan fingerprint density at radius 1 is 1.45 bits per heavy atom. The van der Waals surface area contributed by atoms with Gasteiger partial charge in [-0.3, -0.25) is 0 Å². The molecule has 1 heterocycles. The molecule has 0 saturated carbocycles. The summed E-state index contributed by atoms with van der Waals surface area (Å²) < 4.78 is 6.17. The Bertz CT molecular complexity index is 358. The van der Waals surface area contributed by atoms with E-state index in [4.69, 9.17) is 4.42 Å². The first-order valence-electron chi connectivity index (χ1n) is 3.27. The second-order valence-electron chi connectivity index (χ2n) is 2.42. The van der Waals surface area contributed by atoms with Gasteiger partial charge in [0.15, 0.2) is 12.0 Å². The molecule has 0 bridgehead atoms. The van der Waals surface area contributed by atoms with Gasteiger partial charge in [0.1, 0.15) is 5.52 Å². The first-order chi connectivity index (χ1) is 5.27. The van der Waals surface area contributed by atoms with Crippen LogP contribution in [0.4, 0.5) is 0 Å². The summed E-state index contributed by atoms with van der Waals surface area (Å²) in [6, 6.07) is 3.92. The monoisotopic (exact) mass is 211 g/mol. The molecule has 2 rings (SSSR count). The summed E-state index contributed by atoms with van der Waals surface area (Å²) in [5.41, 5.74) is 2.90. The van der Waals surface area contributed by atoms with Crippen LogP contribution in [-0.2, 0) is 0 Å². The summed E-state index contributed by atoms with van der Waals surface area (Å²) >= 11 is 3.41. The standard InChI is InChI=1S/C8H6BrNO/c1-5-2-7-8(3-6(5)9)11-4-10-7/h2-4H,1H3. The molecule has 1 aromatic heterocycles. The number of oxazole rings is 1. The van der Waals surface area contributed by atoms with Crippen LogP contribution in [0.3, 0.4) is 0 Å². The lowest BCUT2D eigenvalue weighted by molar-refractivity contribution is 0.602. The van der Waals surface area contributed by atoms with Crippen molar-refractivity contribution in [1.82, 2.24) is 4.98 Å². The smallest absolute Gasteiger partial charge is 0.181 e. The van der Waals surface area contributed by atoms with E-state index < -0.39 is 0 Å². The minimum absolute atomic E-state index is 0.822. The molecule has 0 aliphatic rings. The normalized spacial score (nSPS) is 10.7. The molecule has 0 fully saturated rings. The van der Waals surface area contributed by atoms with Crippen molar-refractivity contribution >= 4 is 27.0 Å². The first-order valence-corrected chi connectivity index (χ1v) is 4.06. The van der Waals surface area contributed by atoms with E-state index in [0.717, 1.165) is 15.6 Å². The SMILES string of the molecule is Cc1cc2ncoc2cc1Br. The van der Waals surface area contributed by atoms with Crippen molar-refractivity contribution in [3.8, 4) is 0 Å². The van der Waals surface area contributed by atoms with Gasteiger partial charge in [-0.05, 0) is 24.6 Å². The van der Waals surface area contributed by atoms with Gasteiger partial charge in [-0.25, -0.2) is 4.98 Å². The van der Waals surface area contributed by atoms with Gasteiger partial charge in [0.05, 0.1) is 0 Å². The van der Waals surface area contributed by atoms with Crippen molar-refractivity contribution in [2.75, 3.05) is 0 Å². The molecule has 0 radical (unpaired) electrons. The number of hydrogen-bond donors (Lipinski definition) is 0. The topological polar surface area (TPSA) is 26.0 Å².